The number of halogens is 1. The monoisotopic (exact) mass is 235 g/mol. The second-order valence-corrected chi connectivity index (χ2v) is 3.33. The van der Waals surface area contributed by atoms with Crippen LogP contribution in [-0.4, -0.2) is 20.6 Å². The summed E-state index contributed by atoms with van der Waals surface area (Å²) in [5, 5.41) is 11.2. The highest BCUT2D eigenvalue weighted by Crippen LogP contribution is 2.24. The van der Waals surface area contributed by atoms with Gasteiger partial charge in [0.1, 0.15) is 23.7 Å². The van der Waals surface area contributed by atoms with E-state index in [1.54, 1.807) is 7.05 Å². The van der Waals surface area contributed by atoms with Gasteiger partial charge in [0.2, 0.25) is 0 Å². The van der Waals surface area contributed by atoms with Crippen molar-refractivity contribution >= 4 is 5.84 Å². The van der Waals surface area contributed by atoms with E-state index in [1.165, 1.54) is 29.2 Å². The Morgan fingerprint density at radius 1 is 1.53 bits per heavy atom. The predicted octanol–water partition coefficient (Wildman–Crippen LogP) is 1.03. The van der Waals surface area contributed by atoms with E-state index < -0.39 is 11.7 Å². The minimum atomic E-state index is -0.620. The number of nitrogens with zero attached hydrogens (tertiary/aromatic N) is 3. The lowest BCUT2D eigenvalue weighted by Crippen LogP contribution is -2.14. The van der Waals surface area contributed by atoms with E-state index in [0.29, 0.717) is 0 Å². The molecule has 6 nitrogen and oxygen atoms in total. The lowest BCUT2D eigenvalue weighted by Gasteiger charge is -2.07. The molecule has 0 aliphatic heterocycles. The SMILES string of the molecule is Cn1cnc(Oc2cccc(F)c2C(=N)N)n1. The van der Waals surface area contributed by atoms with Crippen LogP contribution in [0.4, 0.5) is 4.39 Å². The van der Waals surface area contributed by atoms with Gasteiger partial charge in [-0.2, -0.15) is 4.98 Å². The molecule has 1 aromatic carbocycles. The van der Waals surface area contributed by atoms with Gasteiger partial charge in [-0.3, -0.25) is 10.1 Å². The van der Waals surface area contributed by atoms with Crippen LogP contribution in [0.1, 0.15) is 5.56 Å². The van der Waals surface area contributed by atoms with Crippen molar-refractivity contribution in [3.05, 3.63) is 35.9 Å². The van der Waals surface area contributed by atoms with Crippen molar-refractivity contribution in [2.45, 2.75) is 0 Å². The van der Waals surface area contributed by atoms with Crippen molar-refractivity contribution < 1.29 is 9.13 Å². The summed E-state index contributed by atoms with van der Waals surface area (Å²) in [5.74, 6) is -0.913. The zero-order chi connectivity index (χ0) is 12.4. The van der Waals surface area contributed by atoms with E-state index >= 15 is 0 Å². The molecule has 7 heteroatoms. The summed E-state index contributed by atoms with van der Waals surface area (Å²) in [7, 11) is 1.68. The first-order chi connectivity index (χ1) is 8.08. The summed E-state index contributed by atoms with van der Waals surface area (Å²) in [6.45, 7) is 0. The van der Waals surface area contributed by atoms with Crippen molar-refractivity contribution in [3.8, 4) is 11.8 Å². The summed E-state index contributed by atoms with van der Waals surface area (Å²) in [4.78, 5) is 3.84. The Morgan fingerprint density at radius 3 is 2.88 bits per heavy atom. The van der Waals surface area contributed by atoms with Crippen molar-refractivity contribution in [1.82, 2.24) is 14.8 Å². The maximum Gasteiger partial charge on any atom is 0.341 e. The molecule has 0 spiro atoms. The lowest BCUT2D eigenvalue weighted by atomic mass is 10.1. The Kier molecular flexibility index (Phi) is 2.73. The molecule has 0 amide bonds. The van der Waals surface area contributed by atoms with Gasteiger partial charge in [0.25, 0.3) is 0 Å². The molecule has 0 unspecified atom stereocenters. The van der Waals surface area contributed by atoms with Gasteiger partial charge in [0.15, 0.2) is 0 Å². The maximum atomic E-state index is 13.5. The van der Waals surface area contributed by atoms with E-state index in [-0.39, 0.29) is 17.3 Å². The van der Waals surface area contributed by atoms with Gasteiger partial charge in [-0.15, -0.1) is 5.10 Å². The Hall–Kier alpha value is -2.44. The summed E-state index contributed by atoms with van der Waals surface area (Å²) < 4.78 is 20.2. The molecule has 0 saturated carbocycles. The molecule has 1 aromatic heterocycles. The molecule has 0 radical (unpaired) electrons. The molecular weight excluding hydrogens is 225 g/mol. The third kappa shape index (κ3) is 2.22. The zero-order valence-electron chi connectivity index (χ0n) is 9.01. The van der Waals surface area contributed by atoms with Crippen LogP contribution < -0.4 is 10.5 Å². The first kappa shape index (κ1) is 11.1. The number of hydrogen-bond acceptors (Lipinski definition) is 4. The second-order valence-electron chi connectivity index (χ2n) is 3.33. The number of nitrogens with two attached hydrogens (primary N) is 1. The van der Waals surface area contributed by atoms with Crippen LogP contribution in [0.25, 0.3) is 0 Å². The van der Waals surface area contributed by atoms with Crippen molar-refractivity contribution in [3.63, 3.8) is 0 Å². The van der Waals surface area contributed by atoms with E-state index in [0.717, 1.165) is 0 Å². The normalized spacial score (nSPS) is 10.2. The topological polar surface area (TPSA) is 89.8 Å². The highest BCUT2D eigenvalue weighted by molar-refractivity contribution is 5.97. The van der Waals surface area contributed by atoms with E-state index in [9.17, 15) is 4.39 Å². The van der Waals surface area contributed by atoms with Gasteiger partial charge in [0, 0.05) is 7.05 Å². The third-order valence-corrected chi connectivity index (χ3v) is 2.02. The maximum absolute atomic E-state index is 13.5. The van der Waals surface area contributed by atoms with Crippen LogP contribution in [0.3, 0.4) is 0 Å². The van der Waals surface area contributed by atoms with Crippen molar-refractivity contribution in [2.24, 2.45) is 12.8 Å². The standard InChI is InChI=1S/C10H10FN5O/c1-16-5-14-10(15-16)17-7-4-2-3-6(11)8(7)9(12)13/h2-5H,1H3,(H3,12,13). The minimum absolute atomic E-state index is 0.0700. The van der Waals surface area contributed by atoms with Gasteiger partial charge in [0.05, 0.1) is 5.56 Å². The molecule has 0 aliphatic carbocycles. The fourth-order valence-corrected chi connectivity index (χ4v) is 1.32. The van der Waals surface area contributed by atoms with E-state index in [4.69, 9.17) is 15.9 Å². The first-order valence-corrected chi connectivity index (χ1v) is 4.74. The number of amidine groups is 1. The second kappa shape index (κ2) is 4.20. The average Bonchev–Trinajstić information content (AvgIpc) is 2.63. The van der Waals surface area contributed by atoms with E-state index in [1.807, 2.05) is 0 Å². The molecule has 0 aliphatic rings. The van der Waals surface area contributed by atoms with Crippen LogP contribution in [0, 0.1) is 11.2 Å². The number of aromatic nitrogens is 3. The highest BCUT2D eigenvalue weighted by Gasteiger charge is 2.14. The predicted molar refractivity (Wildman–Crippen MR) is 58.5 cm³/mol. The lowest BCUT2D eigenvalue weighted by molar-refractivity contribution is 0.434. The smallest absolute Gasteiger partial charge is 0.341 e. The number of hydrogen-bond donors (Lipinski definition) is 2. The fraction of sp³-hybridized carbons (Fsp3) is 0.100. The minimum Gasteiger partial charge on any atom is -0.422 e. The molecule has 17 heavy (non-hydrogen) atoms. The van der Waals surface area contributed by atoms with Gasteiger partial charge < -0.3 is 10.5 Å². The van der Waals surface area contributed by atoms with Gasteiger partial charge in [-0.25, -0.2) is 4.39 Å². The zero-order valence-corrected chi connectivity index (χ0v) is 9.01. The molecule has 0 fully saturated rings. The number of aryl methyl sites for hydroxylation is 1. The number of nitrogen functional groups attached to an aromatic ring is 1. The first-order valence-electron chi connectivity index (χ1n) is 4.74. The molecule has 0 atom stereocenters. The molecule has 2 rings (SSSR count). The van der Waals surface area contributed by atoms with Crippen LogP contribution in [0.15, 0.2) is 24.5 Å². The average molecular weight is 235 g/mol. The van der Waals surface area contributed by atoms with Crippen LogP contribution >= 0.6 is 0 Å². The molecular formula is C10H10FN5O. The molecule has 88 valence electrons. The molecule has 1 heterocycles. The Labute approximate surface area is 96.3 Å². The molecule has 3 N–H and O–H groups in total. The third-order valence-electron chi connectivity index (χ3n) is 2.02. The fourth-order valence-electron chi connectivity index (χ4n) is 1.32. The van der Waals surface area contributed by atoms with Gasteiger partial charge >= 0.3 is 6.01 Å². The number of ether oxygens (including phenoxy) is 1. The number of nitrogens with one attached hydrogen (secondary N) is 1. The van der Waals surface area contributed by atoms with Gasteiger partial charge in [-0.05, 0) is 12.1 Å². The quantitative estimate of drug-likeness (QED) is 0.614. The summed E-state index contributed by atoms with van der Waals surface area (Å²) >= 11 is 0. The van der Waals surface area contributed by atoms with Crippen LogP contribution in [-0.2, 0) is 7.05 Å². The van der Waals surface area contributed by atoms with Crippen LogP contribution in [0.2, 0.25) is 0 Å². The van der Waals surface area contributed by atoms with Crippen LogP contribution in [0.5, 0.6) is 11.8 Å². The Balaban J connectivity index is 2.39. The summed E-state index contributed by atoms with van der Waals surface area (Å²) in [5.41, 5.74) is 5.19. The Bertz CT molecular complexity index is 566. The van der Waals surface area contributed by atoms with E-state index in [2.05, 4.69) is 10.1 Å². The molecule has 0 bridgehead atoms. The van der Waals surface area contributed by atoms with Gasteiger partial charge in [-0.1, -0.05) is 6.07 Å². The highest BCUT2D eigenvalue weighted by atomic mass is 19.1. The summed E-state index contributed by atoms with van der Waals surface area (Å²) in [6, 6.07) is 4.23. The van der Waals surface area contributed by atoms with Crippen molar-refractivity contribution in [2.75, 3.05) is 0 Å². The van der Waals surface area contributed by atoms with Crippen molar-refractivity contribution in [1.29, 1.82) is 5.41 Å². The number of rotatable bonds is 3. The molecule has 0 saturated heterocycles. The summed E-state index contributed by atoms with van der Waals surface area (Å²) in [6.07, 6.45) is 1.45. The Morgan fingerprint density at radius 2 is 2.29 bits per heavy atom. The molecule has 2 aromatic rings. The number of benzene rings is 1. The largest absolute Gasteiger partial charge is 0.422 e.